The van der Waals surface area contributed by atoms with Crippen LogP contribution in [0.1, 0.15) is 40.2 Å². The Bertz CT molecular complexity index is 894. The molecule has 0 fully saturated rings. The van der Waals surface area contributed by atoms with Gasteiger partial charge in [0.15, 0.2) is 0 Å². The Morgan fingerprint density at radius 2 is 1.88 bits per heavy atom. The molecule has 132 valence electrons. The summed E-state index contributed by atoms with van der Waals surface area (Å²) in [6, 6.07) is 8.61. The van der Waals surface area contributed by atoms with Gasteiger partial charge in [-0.1, -0.05) is 20.8 Å². The maximum Gasteiger partial charge on any atom is 0.144 e. The number of benzene rings is 1. The second-order valence-electron chi connectivity index (χ2n) is 7.53. The summed E-state index contributed by atoms with van der Waals surface area (Å²) in [4.78, 5) is 9.57. The van der Waals surface area contributed by atoms with Crippen LogP contribution in [-0.4, -0.2) is 23.1 Å². The van der Waals surface area contributed by atoms with E-state index in [0.29, 0.717) is 6.04 Å². The van der Waals surface area contributed by atoms with Crippen molar-refractivity contribution in [1.29, 1.82) is 0 Å². The molecule has 0 spiro atoms. The van der Waals surface area contributed by atoms with Crippen LogP contribution in [0.15, 0.2) is 29.6 Å². The number of hydrogen-bond acceptors (Lipinski definition) is 5. The van der Waals surface area contributed by atoms with Crippen molar-refractivity contribution in [3.8, 4) is 16.5 Å². The van der Waals surface area contributed by atoms with Crippen LogP contribution in [0, 0.1) is 0 Å². The highest BCUT2D eigenvalue weighted by molar-refractivity contribution is 7.13. The lowest BCUT2D eigenvalue weighted by molar-refractivity contribution is 0.415. The molecule has 0 unspecified atom stereocenters. The first-order valence-corrected chi connectivity index (χ1v) is 9.37. The van der Waals surface area contributed by atoms with E-state index >= 15 is 0 Å². The summed E-state index contributed by atoms with van der Waals surface area (Å²) in [5.74, 6) is 1.72. The van der Waals surface area contributed by atoms with Gasteiger partial charge < -0.3 is 10.1 Å². The molecular formula is C20H25N3OS. The van der Waals surface area contributed by atoms with Crippen LogP contribution in [0.25, 0.3) is 21.6 Å². The van der Waals surface area contributed by atoms with Crippen molar-refractivity contribution < 1.29 is 4.74 Å². The first-order chi connectivity index (χ1) is 11.8. The predicted molar refractivity (Wildman–Crippen MR) is 107 cm³/mol. The summed E-state index contributed by atoms with van der Waals surface area (Å²) in [6.07, 6.45) is 0. The van der Waals surface area contributed by atoms with Crippen LogP contribution in [0.2, 0.25) is 0 Å². The van der Waals surface area contributed by atoms with Gasteiger partial charge in [0, 0.05) is 22.9 Å². The van der Waals surface area contributed by atoms with Crippen molar-refractivity contribution in [2.75, 3.05) is 12.4 Å². The molecule has 0 aliphatic rings. The number of hydrogen-bond donors (Lipinski definition) is 1. The SMILES string of the molecule is COc1ccc2c(C(C)(C)C)cc(-c3nc(NC(C)C)cs3)nc2c1. The van der Waals surface area contributed by atoms with Gasteiger partial charge in [0.2, 0.25) is 0 Å². The summed E-state index contributed by atoms with van der Waals surface area (Å²) in [6.45, 7) is 10.9. The topological polar surface area (TPSA) is 47.0 Å². The van der Waals surface area contributed by atoms with E-state index < -0.39 is 0 Å². The minimum atomic E-state index is 0.0147. The summed E-state index contributed by atoms with van der Waals surface area (Å²) in [7, 11) is 1.68. The Morgan fingerprint density at radius 3 is 2.52 bits per heavy atom. The van der Waals surface area contributed by atoms with E-state index in [0.717, 1.165) is 33.2 Å². The molecule has 0 saturated heterocycles. The van der Waals surface area contributed by atoms with Gasteiger partial charge in [0.25, 0.3) is 0 Å². The molecule has 0 amide bonds. The van der Waals surface area contributed by atoms with Crippen LogP contribution in [-0.2, 0) is 5.41 Å². The van der Waals surface area contributed by atoms with Crippen LogP contribution in [0.3, 0.4) is 0 Å². The van der Waals surface area contributed by atoms with Gasteiger partial charge in [-0.25, -0.2) is 9.97 Å². The molecule has 2 heterocycles. The van der Waals surface area contributed by atoms with Gasteiger partial charge >= 0.3 is 0 Å². The number of thiazole rings is 1. The molecule has 0 radical (unpaired) electrons. The van der Waals surface area contributed by atoms with Gasteiger partial charge in [-0.15, -0.1) is 11.3 Å². The monoisotopic (exact) mass is 355 g/mol. The first kappa shape index (κ1) is 17.7. The number of fused-ring (bicyclic) bond motifs is 1. The highest BCUT2D eigenvalue weighted by Gasteiger charge is 2.20. The zero-order valence-corrected chi connectivity index (χ0v) is 16.5. The molecular weight excluding hydrogens is 330 g/mol. The Hall–Kier alpha value is -2.14. The molecule has 1 N–H and O–H groups in total. The highest BCUT2D eigenvalue weighted by Crippen LogP contribution is 2.35. The number of nitrogens with one attached hydrogen (secondary N) is 1. The van der Waals surface area contributed by atoms with Crippen molar-refractivity contribution in [2.45, 2.75) is 46.1 Å². The van der Waals surface area contributed by atoms with E-state index in [1.807, 2.05) is 17.5 Å². The largest absolute Gasteiger partial charge is 0.497 e. The fraction of sp³-hybridized carbons (Fsp3) is 0.400. The van der Waals surface area contributed by atoms with Gasteiger partial charge in [-0.2, -0.15) is 0 Å². The van der Waals surface area contributed by atoms with E-state index in [1.165, 1.54) is 5.56 Å². The molecule has 0 aliphatic heterocycles. The van der Waals surface area contributed by atoms with Gasteiger partial charge in [-0.05, 0) is 43.0 Å². The molecule has 0 saturated carbocycles. The predicted octanol–water partition coefficient (Wildman–Crippen LogP) is 5.48. The molecule has 1 aromatic carbocycles. The minimum absolute atomic E-state index is 0.0147. The highest BCUT2D eigenvalue weighted by atomic mass is 32.1. The molecule has 25 heavy (non-hydrogen) atoms. The van der Waals surface area contributed by atoms with Crippen molar-refractivity contribution >= 4 is 28.1 Å². The number of methoxy groups -OCH3 is 1. The summed E-state index contributed by atoms with van der Waals surface area (Å²) >= 11 is 1.62. The zero-order chi connectivity index (χ0) is 18.2. The lowest BCUT2D eigenvalue weighted by Crippen LogP contribution is -2.12. The van der Waals surface area contributed by atoms with Gasteiger partial charge in [0.05, 0.1) is 18.3 Å². The molecule has 3 aromatic rings. The molecule has 3 rings (SSSR count). The fourth-order valence-electron chi connectivity index (χ4n) is 2.82. The maximum atomic E-state index is 5.38. The smallest absolute Gasteiger partial charge is 0.144 e. The quantitative estimate of drug-likeness (QED) is 0.673. The van der Waals surface area contributed by atoms with Crippen molar-refractivity contribution in [3.63, 3.8) is 0 Å². The average molecular weight is 356 g/mol. The number of ether oxygens (including phenoxy) is 1. The van der Waals surface area contributed by atoms with Crippen molar-refractivity contribution in [1.82, 2.24) is 9.97 Å². The Morgan fingerprint density at radius 1 is 1.12 bits per heavy atom. The number of rotatable bonds is 4. The van der Waals surface area contributed by atoms with Crippen LogP contribution >= 0.6 is 11.3 Å². The van der Waals surface area contributed by atoms with Crippen molar-refractivity contribution in [3.05, 3.63) is 35.2 Å². The number of anilines is 1. The molecule has 0 aliphatic carbocycles. The van der Waals surface area contributed by atoms with E-state index in [9.17, 15) is 0 Å². The van der Waals surface area contributed by atoms with Crippen LogP contribution in [0.4, 0.5) is 5.82 Å². The van der Waals surface area contributed by atoms with Crippen LogP contribution in [0.5, 0.6) is 5.75 Å². The Balaban J connectivity index is 2.16. The minimum Gasteiger partial charge on any atom is -0.497 e. The van der Waals surface area contributed by atoms with E-state index in [2.05, 4.69) is 52.1 Å². The molecule has 0 bridgehead atoms. The molecule has 4 nitrogen and oxygen atoms in total. The Kier molecular flexibility index (Phi) is 4.69. The average Bonchev–Trinajstić information content (AvgIpc) is 3.00. The second-order valence-corrected chi connectivity index (χ2v) is 8.38. The molecule has 2 aromatic heterocycles. The summed E-state index contributed by atoms with van der Waals surface area (Å²) < 4.78 is 5.38. The normalized spacial score (nSPS) is 12.0. The van der Waals surface area contributed by atoms with E-state index in [4.69, 9.17) is 14.7 Å². The van der Waals surface area contributed by atoms with E-state index in [1.54, 1.807) is 18.4 Å². The fourth-order valence-corrected chi connectivity index (χ4v) is 3.54. The molecule has 0 atom stereocenters. The summed E-state index contributed by atoms with van der Waals surface area (Å²) in [5, 5.41) is 7.48. The standard InChI is InChI=1S/C20H25N3OS/c1-12(2)21-18-11-25-19(23-18)17-10-15(20(3,4)5)14-8-7-13(24-6)9-16(14)22-17/h7-12,21H,1-6H3. The lowest BCUT2D eigenvalue weighted by atomic mass is 9.84. The molecule has 5 heteroatoms. The Labute approximate surface area is 153 Å². The number of pyridine rings is 1. The number of nitrogens with zero attached hydrogens (tertiary/aromatic N) is 2. The van der Waals surface area contributed by atoms with E-state index in [-0.39, 0.29) is 5.41 Å². The van der Waals surface area contributed by atoms with Crippen LogP contribution < -0.4 is 10.1 Å². The summed E-state index contributed by atoms with van der Waals surface area (Å²) in [5.41, 5.74) is 3.13. The van der Waals surface area contributed by atoms with Crippen molar-refractivity contribution in [2.24, 2.45) is 0 Å². The maximum absolute atomic E-state index is 5.38. The van der Waals surface area contributed by atoms with Gasteiger partial charge in [-0.3, -0.25) is 0 Å². The van der Waals surface area contributed by atoms with Gasteiger partial charge in [0.1, 0.15) is 16.6 Å². The first-order valence-electron chi connectivity index (χ1n) is 8.49. The second kappa shape index (κ2) is 6.64. The zero-order valence-electron chi connectivity index (χ0n) is 15.7. The third kappa shape index (κ3) is 3.76. The lowest BCUT2D eigenvalue weighted by Gasteiger charge is -2.22. The third-order valence-electron chi connectivity index (χ3n) is 3.98. The third-order valence-corrected chi connectivity index (χ3v) is 4.85. The number of aromatic nitrogens is 2.